The number of rotatable bonds is 2. The lowest BCUT2D eigenvalue weighted by Crippen LogP contribution is -2.62. The third-order valence-corrected chi connectivity index (χ3v) is 4.91. The Kier molecular flexibility index (Phi) is 3.28. The Bertz CT molecular complexity index is 943. The lowest BCUT2D eigenvalue weighted by Gasteiger charge is -2.33. The number of amides is 3. The lowest BCUT2D eigenvalue weighted by molar-refractivity contribution is -0.677. The first-order valence-electron chi connectivity index (χ1n) is 8.19. The molecule has 0 aliphatic carbocycles. The molecule has 1 aromatic carbocycles. The van der Waals surface area contributed by atoms with Crippen LogP contribution in [0, 0.1) is 13.8 Å². The van der Waals surface area contributed by atoms with E-state index >= 15 is 0 Å². The summed E-state index contributed by atoms with van der Waals surface area (Å²) in [5.74, 6) is 0.932. The molecule has 2 aliphatic heterocycles. The standard InChI is InChI=1S/C18H20N5O2/c1-11-6-5-7-13(8-11)10-23-16(24)14-15(21(4)18(23)25)19-17-20(3)12(2)9-22(14)17/h5-9,14H,10H2,1-4H3/q+1. The van der Waals surface area contributed by atoms with Crippen LogP contribution in [0.1, 0.15) is 22.9 Å². The topological polar surface area (TPSA) is 61.8 Å². The number of imide groups is 1. The monoisotopic (exact) mass is 338 g/mol. The van der Waals surface area contributed by atoms with Gasteiger partial charge < -0.3 is 0 Å². The number of amidine groups is 1. The Balaban J connectivity index is 1.73. The van der Waals surface area contributed by atoms with Crippen molar-refractivity contribution in [2.75, 3.05) is 7.05 Å². The molecule has 2 aliphatic rings. The highest BCUT2D eigenvalue weighted by molar-refractivity contribution is 6.18. The van der Waals surface area contributed by atoms with Crippen LogP contribution in [0.4, 0.5) is 10.7 Å². The minimum Gasteiger partial charge on any atom is -0.270 e. The zero-order valence-corrected chi connectivity index (χ0v) is 14.7. The van der Waals surface area contributed by atoms with Crippen LogP contribution in [0.3, 0.4) is 0 Å². The van der Waals surface area contributed by atoms with Crippen molar-refractivity contribution in [3.63, 3.8) is 0 Å². The third-order valence-electron chi connectivity index (χ3n) is 4.91. The van der Waals surface area contributed by atoms with E-state index in [9.17, 15) is 9.59 Å². The maximum absolute atomic E-state index is 13.1. The molecule has 4 rings (SSSR count). The zero-order chi connectivity index (χ0) is 17.9. The number of aliphatic imine (C=N–C) groups is 1. The van der Waals surface area contributed by atoms with Gasteiger partial charge in [-0.25, -0.2) is 13.9 Å². The van der Waals surface area contributed by atoms with Gasteiger partial charge in [0, 0.05) is 7.05 Å². The second kappa shape index (κ2) is 5.27. The molecule has 0 N–H and O–H groups in total. The van der Waals surface area contributed by atoms with Crippen molar-refractivity contribution < 1.29 is 14.2 Å². The summed E-state index contributed by atoms with van der Waals surface area (Å²) in [6.45, 7) is 4.22. The van der Waals surface area contributed by atoms with Crippen LogP contribution in [0.15, 0.2) is 35.5 Å². The maximum atomic E-state index is 13.1. The third kappa shape index (κ3) is 2.19. The minimum absolute atomic E-state index is 0.238. The van der Waals surface area contributed by atoms with E-state index in [0.29, 0.717) is 11.8 Å². The van der Waals surface area contributed by atoms with Gasteiger partial charge in [0.05, 0.1) is 13.6 Å². The summed E-state index contributed by atoms with van der Waals surface area (Å²) in [6, 6.07) is 6.92. The molecule has 2 aromatic rings. The molecule has 128 valence electrons. The van der Waals surface area contributed by atoms with Gasteiger partial charge in [0.2, 0.25) is 11.9 Å². The highest BCUT2D eigenvalue weighted by atomic mass is 16.2. The highest BCUT2D eigenvalue weighted by Crippen LogP contribution is 2.29. The van der Waals surface area contributed by atoms with E-state index in [0.717, 1.165) is 16.8 Å². The molecule has 7 heteroatoms. The fourth-order valence-electron chi connectivity index (χ4n) is 3.43. The number of aromatic nitrogens is 2. The first-order valence-corrected chi connectivity index (χ1v) is 8.19. The first kappa shape index (κ1) is 15.6. The van der Waals surface area contributed by atoms with Gasteiger partial charge in [0.15, 0.2) is 0 Å². The van der Waals surface area contributed by atoms with Gasteiger partial charge in [-0.05, 0) is 19.4 Å². The van der Waals surface area contributed by atoms with Crippen LogP contribution in [0.25, 0.3) is 0 Å². The van der Waals surface area contributed by atoms with Crippen molar-refractivity contribution in [2.24, 2.45) is 12.0 Å². The van der Waals surface area contributed by atoms with Gasteiger partial charge in [0.1, 0.15) is 11.9 Å². The predicted octanol–water partition coefficient (Wildman–Crippen LogP) is 1.61. The average molecular weight is 338 g/mol. The number of carbonyl (C=O) groups excluding carboxylic acids is 2. The van der Waals surface area contributed by atoms with Gasteiger partial charge in [-0.1, -0.05) is 34.8 Å². The number of fused-ring (bicyclic) bond motifs is 3. The molecule has 3 amide bonds. The molecular weight excluding hydrogens is 318 g/mol. The number of hydrogen-bond donors (Lipinski definition) is 0. The molecule has 1 aromatic heterocycles. The normalized spacial score (nSPS) is 19.2. The van der Waals surface area contributed by atoms with Crippen LogP contribution < -0.4 is 4.57 Å². The number of carbonyl (C=O) groups is 2. The molecule has 0 spiro atoms. The van der Waals surface area contributed by atoms with E-state index in [1.165, 1.54) is 9.80 Å². The number of imidazole rings is 1. The Hall–Kier alpha value is -2.96. The highest BCUT2D eigenvalue weighted by Gasteiger charge is 2.52. The molecular formula is C18H20N5O2+. The van der Waals surface area contributed by atoms with Crippen LogP contribution >= 0.6 is 0 Å². The predicted molar refractivity (Wildman–Crippen MR) is 91.4 cm³/mol. The number of nitrogens with zero attached hydrogens (tertiary/aromatic N) is 5. The molecule has 25 heavy (non-hydrogen) atoms. The van der Waals surface area contributed by atoms with Crippen molar-refractivity contribution in [1.29, 1.82) is 0 Å². The SMILES string of the molecule is Cc1cccc(CN2C(=O)C3C(=Nc4n(C)c(C)c[n+]43)N(C)C2=O)c1. The second-order valence-electron chi connectivity index (χ2n) is 6.66. The summed E-state index contributed by atoms with van der Waals surface area (Å²) in [5.41, 5.74) is 3.04. The zero-order valence-electron chi connectivity index (χ0n) is 14.7. The fourth-order valence-corrected chi connectivity index (χ4v) is 3.43. The minimum atomic E-state index is -0.581. The quantitative estimate of drug-likeness (QED) is 0.781. The molecule has 1 atom stereocenters. The Morgan fingerprint density at radius 1 is 1.20 bits per heavy atom. The summed E-state index contributed by atoms with van der Waals surface area (Å²) in [7, 11) is 3.57. The van der Waals surface area contributed by atoms with Crippen LogP contribution in [0.5, 0.6) is 0 Å². The smallest absolute Gasteiger partial charge is 0.270 e. The molecule has 0 bridgehead atoms. The summed E-state index contributed by atoms with van der Waals surface area (Å²) in [5, 5.41) is 0. The van der Waals surface area contributed by atoms with Gasteiger partial charge in [-0.3, -0.25) is 14.6 Å². The molecule has 7 nitrogen and oxygen atoms in total. The number of likely N-dealkylation sites (N-methyl/N-ethyl adjacent to an activating group) is 1. The van der Waals surface area contributed by atoms with E-state index in [1.807, 2.05) is 60.5 Å². The van der Waals surface area contributed by atoms with Gasteiger partial charge >= 0.3 is 12.0 Å². The summed E-state index contributed by atoms with van der Waals surface area (Å²) < 4.78 is 3.76. The van der Waals surface area contributed by atoms with E-state index in [4.69, 9.17) is 0 Å². The van der Waals surface area contributed by atoms with Crippen molar-refractivity contribution in [3.05, 3.63) is 47.3 Å². The first-order chi connectivity index (χ1) is 11.9. The van der Waals surface area contributed by atoms with Gasteiger partial charge in [-0.2, -0.15) is 0 Å². The second-order valence-corrected chi connectivity index (χ2v) is 6.66. The van der Waals surface area contributed by atoms with Crippen LogP contribution in [-0.2, 0) is 18.4 Å². The Morgan fingerprint density at radius 2 is 1.96 bits per heavy atom. The van der Waals surface area contributed by atoms with E-state index in [-0.39, 0.29) is 18.5 Å². The van der Waals surface area contributed by atoms with Crippen molar-refractivity contribution in [1.82, 2.24) is 14.4 Å². The Labute approximate surface area is 145 Å². The summed E-state index contributed by atoms with van der Waals surface area (Å²) in [6.07, 6.45) is 1.91. The van der Waals surface area contributed by atoms with Crippen molar-refractivity contribution in [3.8, 4) is 0 Å². The molecule has 0 radical (unpaired) electrons. The molecule has 3 heterocycles. The number of hydrogen-bond acceptors (Lipinski definition) is 3. The van der Waals surface area contributed by atoms with E-state index < -0.39 is 6.04 Å². The number of aryl methyl sites for hydroxylation is 2. The fraction of sp³-hybridized carbons (Fsp3) is 0.333. The number of urea groups is 1. The van der Waals surface area contributed by atoms with Crippen molar-refractivity contribution >= 4 is 23.7 Å². The van der Waals surface area contributed by atoms with E-state index in [1.54, 1.807) is 7.05 Å². The molecule has 1 unspecified atom stereocenters. The van der Waals surface area contributed by atoms with E-state index in [2.05, 4.69) is 4.99 Å². The van der Waals surface area contributed by atoms with Crippen molar-refractivity contribution in [2.45, 2.75) is 26.4 Å². The largest absolute Gasteiger partial charge is 0.401 e. The average Bonchev–Trinajstić information content (AvgIpc) is 3.07. The lowest BCUT2D eigenvalue weighted by atomic mass is 10.1. The molecule has 1 saturated heterocycles. The summed E-state index contributed by atoms with van der Waals surface area (Å²) >= 11 is 0. The number of benzene rings is 1. The van der Waals surface area contributed by atoms with Gasteiger partial charge in [0.25, 0.3) is 5.91 Å². The van der Waals surface area contributed by atoms with Gasteiger partial charge in [-0.15, -0.1) is 0 Å². The maximum Gasteiger partial charge on any atom is 0.401 e. The van der Waals surface area contributed by atoms with Crippen LogP contribution in [-0.4, -0.2) is 39.2 Å². The molecule has 0 saturated carbocycles. The molecule has 1 fully saturated rings. The summed E-state index contributed by atoms with van der Waals surface area (Å²) in [4.78, 5) is 33.1. The van der Waals surface area contributed by atoms with Crippen LogP contribution in [0.2, 0.25) is 0 Å². The Morgan fingerprint density at radius 3 is 2.68 bits per heavy atom.